The van der Waals surface area contributed by atoms with Crippen molar-refractivity contribution in [1.82, 2.24) is 0 Å². The minimum atomic E-state index is -3.27. The maximum Gasteiger partial charge on any atom is 0.232 e. The van der Waals surface area contributed by atoms with Crippen LogP contribution in [0.15, 0.2) is 54.6 Å². The maximum atomic E-state index is 11.5. The average molecular weight is 277 g/mol. The van der Waals surface area contributed by atoms with Crippen molar-refractivity contribution in [2.45, 2.75) is 6.92 Å². The van der Waals surface area contributed by atoms with Crippen molar-refractivity contribution in [3.63, 3.8) is 0 Å². The molecule has 2 aromatic carbocycles. The van der Waals surface area contributed by atoms with Crippen molar-refractivity contribution in [2.24, 2.45) is 0 Å². The predicted molar refractivity (Wildman–Crippen MR) is 76.0 cm³/mol. The highest BCUT2D eigenvalue weighted by Crippen LogP contribution is 2.24. The molecule has 0 fully saturated rings. The van der Waals surface area contributed by atoms with Gasteiger partial charge in [-0.1, -0.05) is 24.3 Å². The van der Waals surface area contributed by atoms with E-state index in [-0.39, 0.29) is 5.75 Å². The minimum Gasteiger partial charge on any atom is -0.457 e. The topological polar surface area (TPSA) is 55.4 Å². The van der Waals surface area contributed by atoms with Gasteiger partial charge in [-0.15, -0.1) is 0 Å². The zero-order chi connectivity index (χ0) is 13.7. The SMILES string of the molecule is CCS(=O)(=O)Nc1cccc(Oc2ccccc2)c1. The van der Waals surface area contributed by atoms with Crippen LogP contribution in [0.4, 0.5) is 5.69 Å². The van der Waals surface area contributed by atoms with Crippen molar-refractivity contribution in [3.05, 3.63) is 54.6 Å². The molecule has 0 heterocycles. The van der Waals surface area contributed by atoms with Gasteiger partial charge < -0.3 is 4.74 Å². The van der Waals surface area contributed by atoms with Crippen LogP contribution in [0.25, 0.3) is 0 Å². The number of anilines is 1. The van der Waals surface area contributed by atoms with E-state index in [4.69, 9.17) is 4.74 Å². The van der Waals surface area contributed by atoms with Gasteiger partial charge in [0.25, 0.3) is 0 Å². The van der Waals surface area contributed by atoms with Crippen molar-refractivity contribution >= 4 is 15.7 Å². The third-order valence-corrected chi connectivity index (χ3v) is 3.77. The molecule has 4 nitrogen and oxygen atoms in total. The highest BCUT2D eigenvalue weighted by molar-refractivity contribution is 7.92. The van der Waals surface area contributed by atoms with E-state index in [9.17, 15) is 8.42 Å². The molecule has 2 aromatic rings. The molecule has 0 aliphatic carbocycles. The Kier molecular flexibility index (Phi) is 4.06. The standard InChI is InChI=1S/C14H15NO3S/c1-2-19(16,17)15-12-7-6-10-14(11-12)18-13-8-4-3-5-9-13/h3-11,15H,2H2,1H3. The third-order valence-electron chi connectivity index (χ3n) is 2.47. The summed E-state index contributed by atoms with van der Waals surface area (Å²) < 4.78 is 31.1. The molecular weight excluding hydrogens is 262 g/mol. The van der Waals surface area contributed by atoms with Crippen LogP contribution in [0.5, 0.6) is 11.5 Å². The van der Waals surface area contributed by atoms with Gasteiger partial charge in [-0.3, -0.25) is 4.72 Å². The van der Waals surface area contributed by atoms with Crippen LogP contribution >= 0.6 is 0 Å². The van der Waals surface area contributed by atoms with Gasteiger partial charge in [0, 0.05) is 6.07 Å². The molecule has 0 aliphatic heterocycles. The Morgan fingerprint density at radius 3 is 2.37 bits per heavy atom. The fourth-order valence-electron chi connectivity index (χ4n) is 1.50. The van der Waals surface area contributed by atoms with E-state index in [1.807, 2.05) is 30.3 Å². The van der Waals surface area contributed by atoms with Crippen LogP contribution in [-0.2, 0) is 10.0 Å². The van der Waals surface area contributed by atoms with Gasteiger partial charge in [-0.25, -0.2) is 8.42 Å². The van der Waals surface area contributed by atoms with Crippen LogP contribution in [0, 0.1) is 0 Å². The summed E-state index contributed by atoms with van der Waals surface area (Å²) in [5.74, 6) is 1.33. The van der Waals surface area contributed by atoms with Crippen LogP contribution in [-0.4, -0.2) is 14.2 Å². The summed E-state index contributed by atoms with van der Waals surface area (Å²) in [5.41, 5.74) is 0.496. The lowest BCUT2D eigenvalue weighted by Gasteiger charge is -2.09. The Balaban J connectivity index is 2.16. The average Bonchev–Trinajstić information content (AvgIpc) is 2.40. The lowest BCUT2D eigenvalue weighted by atomic mass is 10.3. The fourth-order valence-corrected chi connectivity index (χ4v) is 2.13. The van der Waals surface area contributed by atoms with Crippen molar-refractivity contribution in [1.29, 1.82) is 0 Å². The molecule has 0 saturated heterocycles. The van der Waals surface area contributed by atoms with Gasteiger partial charge in [0.15, 0.2) is 0 Å². The Labute approximate surface area is 113 Å². The normalized spacial score (nSPS) is 11.0. The van der Waals surface area contributed by atoms with E-state index >= 15 is 0 Å². The second-order valence-electron chi connectivity index (χ2n) is 3.95. The summed E-state index contributed by atoms with van der Waals surface area (Å²) >= 11 is 0. The number of nitrogens with one attached hydrogen (secondary N) is 1. The zero-order valence-electron chi connectivity index (χ0n) is 10.5. The number of hydrogen-bond donors (Lipinski definition) is 1. The van der Waals surface area contributed by atoms with Crippen molar-refractivity contribution in [3.8, 4) is 11.5 Å². The van der Waals surface area contributed by atoms with Crippen molar-refractivity contribution < 1.29 is 13.2 Å². The number of rotatable bonds is 5. The summed E-state index contributed by atoms with van der Waals surface area (Å²) in [6.07, 6.45) is 0. The highest BCUT2D eigenvalue weighted by Gasteiger charge is 2.07. The van der Waals surface area contributed by atoms with E-state index in [0.717, 1.165) is 0 Å². The quantitative estimate of drug-likeness (QED) is 0.912. The molecule has 0 atom stereocenters. The van der Waals surface area contributed by atoms with Crippen molar-refractivity contribution in [2.75, 3.05) is 10.5 Å². The Morgan fingerprint density at radius 1 is 1.00 bits per heavy atom. The molecule has 100 valence electrons. The number of sulfonamides is 1. The largest absolute Gasteiger partial charge is 0.457 e. The fraction of sp³-hybridized carbons (Fsp3) is 0.143. The summed E-state index contributed by atoms with van der Waals surface area (Å²) in [7, 11) is -3.27. The highest BCUT2D eigenvalue weighted by atomic mass is 32.2. The molecular formula is C14H15NO3S. The first-order chi connectivity index (χ1) is 9.09. The zero-order valence-corrected chi connectivity index (χ0v) is 11.4. The molecule has 2 rings (SSSR count). The lowest BCUT2D eigenvalue weighted by Crippen LogP contribution is -2.14. The molecule has 0 saturated carbocycles. The van der Waals surface area contributed by atoms with E-state index < -0.39 is 10.0 Å². The smallest absolute Gasteiger partial charge is 0.232 e. The molecule has 0 unspecified atom stereocenters. The first-order valence-electron chi connectivity index (χ1n) is 5.92. The Hall–Kier alpha value is -2.01. The summed E-state index contributed by atoms with van der Waals surface area (Å²) in [6.45, 7) is 1.59. The Bertz CT molecular complexity index is 639. The molecule has 19 heavy (non-hydrogen) atoms. The number of benzene rings is 2. The summed E-state index contributed by atoms with van der Waals surface area (Å²) in [5, 5.41) is 0. The predicted octanol–water partition coefficient (Wildman–Crippen LogP) is 3.24. The molecule has 0 aliphatic rings. The number of hydrogen-bond acceptors (Lipinski definition) is 3. The summed E-state index contributed by atoms with van der Waals surface area (Å²) in [4.78, 5) is 0. The number of para-hydroxylation sites is 1. The van der Waals surface area contributed by atoms with Gasteiger partial charge in [0.2, 0.25) is 10.0 Å². The third kappa shape index (κ3) is 3.99. The molecule has 5 heteroatoms. The second-order valence-corrected chi connectivity index (χ2v) is 5.96. The molecule has 1 N–H and O–H groups in total. The van der Waals surface area contributed by atoms with E-state index in [1.165, 1.54) is 0 Å². The van der Waals surface area contributed by atoms with Gasteiger partial charge in [-0.05, 0) is 31.2 Å². The monoisotopic (exact) mass is 277 g/mol. The minimum absolute atomic E-state index is 0.0385. The summed E-state index contributed by atoms with van der Waals surface area (Å²) in [6, 6.07) is 16.2. The number of ether oxygens (including phenoxy) is 1. The van der Waals surface area contributed by atoms with E-state index in [2.05, 4.69) is 4.72 Å². The van der Waals surface area contributed by atoms with Crippen LogP contribution in [0.2, 0.25) is 0 Å². The van der Waals surface area contributed by atoms with Crippen LogP contribution in [0.1, 0.15) is 6.92 Å². The molecule has 0 spiro atoms. The van der Waals surface area contributed by atoms with Crippen LogP contribution < -0.4 is 9.46 Å². The second kappa shape index (κ2) is 5.75. The molecule has 0 bridgehead atoms. The van der Waals surface area contributed by atoms with Gasteiger partial charge in [0.1, 0.15) is 11.5 Å². The van der Waals surface area contributed by atoms with Crippen LogP contribution in [0.3, 0.4) is 0 Å². The lowest BCUT2D eigenvalue weighted by molar-refractivity contribution is 0.483. The van der Waals surface area contributed by atoms with Gasteiger partial charge in [-0.2, -0.15) is 0 Å². The van der Waals surface area contributed by atoms with Gasteiger partial charge in [0.05, 0.1) is 11.4 Å². The first kappa shape index (κ1) is 13.4. The molecule has 0 amide bonds. The molecule has 0 aromatic heterocycles. The maximum absolute atomic E-state index is 11.5. The Morgan fingerprint density at radius 2 is 1.68 bits per heavy atom. The molecule has 0 radical (unpaired) electrons. The first-order valence-corrected chi connectivity index (χ1v) is 7.58. The van der Waals surface area contributed by atoms with E-state index in [0.29, 0.717) is 17.2 Å². The van der Waals surface area contributed by atoms with Gasteiger partial charge >= 0.3 is 0 Å². The van der Waals surface area contributed by atoms with E-state index in [1.54, 1.807) is 31.2 Å².